The molecule has 0 aromatic carbocycles. The lowest BCUT2D eigenvalue weighted by Crippen LogP contribution is -2.43. The van der Waals surface area contributed by atoms with E-state index in [1.54, 1.807) is 6.07 Å². The molecule has 1 aromatic heterocycles. The summed E-state index contributed by atoms with van der Waals surface area (Å²) < 4.78 is 10.4. The van der Waals surface area contributed by atoms with Crippen LogP contribution in [-0.4, -0.2) is 37.4 Å². The molecule has 1 amide bonds. The molecule has 100 valence electrons. The van der Waals surface area contributed by atoms with Gasteiger partial charge < -0.3 is 19.6 Å². The zero-order valence-corrected chi connectivity index (χ0v) is 10.6. The number of ether oxygens (including phenoxy) is 1. The van der Waals surface area contributed by atoms with Crippen LogP contribution >= 0.6 is 0 Å². The second-order valence-corrected chi connectivity index (χ2v) is 4.89. The van der Waals surface area contributed by atoms with Gasteiger partial charge >= 0.3 is 0 Å². The number of carbonyl (C=O) groups excluding carboxylic acids is 1. The molecule has 2 N–H and O–H groups in total. The monoisotopic (exact) mass is 253 g/mol. The highest BCUT2D eigenvalue weighted by Crippen LogP contribution is 2.29. The molecule has 18 heavy (non-hydrogen) atoms. The van der Waals surface area contributed by atoms with Crippen molar-refractivity contribution in [3.05, 3.63) is 23.7 Å². The Bertz CT molecular complexity index is 407. The molecule has 1 aromatic rings. The maximum absolute atomic E-state index is 11.9. The Balaban J connectivity index is 1.94. The highest BCUT2D eigenvalue weighted by molar-refractivity contribution is 5.92. The number of amides is 1. The molecule has 0 radical (unpaired) electrons. The van der Waals surface area contributed by atoms with Crippen LogP contribution in [0.25, 0.3) is 0 Å². The molecule has 1 aliphatic heterocycles. The average Bonchev–Trinajstić information content (AvgIpc) is 2.83. The molecule has 0 saturated carbocycles. The molecule has 1 aliphatic rings. The van der Waals surface area contributed by atoms with Crippen LogP contribution < -0.4 is 5.32 Å². The smallest absolute Gasteiger partial charge is 0.287 e. The number of hydrogen-bond acceptors (Lipinski definition) is 4. The molecular formula is C13H19NO4. The summed E-state index contributed by atoms with van der Waals surface area (Å²) >= 11 is 0. The summed E-state index contributed by atoms with van der Waals surface area (Å²) in [7, 11) is 0. The van der Waals surface area contributed by atoms with Crippen molar-refractivity contribution in [3.63, 3.8) is 0 Å². The lowest BCUT2D eigenvalue weighted by molar-refractivity contribution is -0.0147. The topological polar surface area (TPSA) is 71.7 Å². The van der Waals surface area contributed by atoms with Gasteiger partial charge in [0.05, 0.1) is 12.9 Å². The number of hydrogen-bond donors (Lipinski definition) is 2. The van der Waals surface area contributed by atoms with E-state index in [2.05, 4.69) is 5.32 Å². The SMILES string of the molecule is Cc1ccoc1C(=O)NCC1(CO)CCOCC1. The van der Waals surface area contributed by atoms with Crippen molar-refractivity contribution in [2.24, 2.45) is 5.41 Å². The molecule has 0 unspecified atom stereocenters. The van der Waals surface area contributed by atoms with E-state index in [-0.39, 0.29) is 17.9 Å². The zero-order chi connectivity index (χ0) is 13.0. The van der Waals surface area contributed by atoms with Crippen molar-refractivity contribution in [1.29, 1.82) is 0 Å². The van der Waals surface area contributed by atoms with Crippen LogP contribution in [0.2, 0.25) is 0 Å². The van der Waals surface area contributed by atoms with Gasteiger partial charge in [0.25, 0.3) is 5.91 Å². The quantitative estimate of drug-likeness (QED) is 0.843. The van der Waals surface area contributed by atoms with E-state index < -0.39 is 0 Å². The number of aryl methyl sites for hydroxylation is 1. The van der Waals surface area contributed by atoms with Crippen LogP contribution in [0.5, 0.6) is 0 Å². The standard InChI is InChI=1S/C13H19NO4/c1-10-2-5-18-11(10)12(16)14-8-13(9-15)3-6-17-7-4-13/h2,5,15H,3-4,6-9H2,1H3,(H,14,16). The number of nitrogens with one attached hydrogen (secondary N) is 1. The largest absolute Gasteiger partial charge is 0.459 e. The second kappa shape index (κ2) is 5.54. The van der Waals surface area contributed by atoms with E-state index in [0.717, 1.165) is 18.4 Å². The Morgan fingerprint density at radius 3 is 2.78 bits per heavy atom. The minimum absolute atomic E-state index is 0.0633. The summed E-state index contributed by atoms with van der Waals surface area (Å²) in [5.41, 5.74) is 0.562. The predicted octanol–water partition coefficient (Wildman–Crippen LogP) is 1.11. The van der Waals surface area contributed by atoms with Gasteiger partial charge in [-0.25, -0.2) is 0 Å². The first-order valence-corrected chi connectivity index (χ1v) is 6.18. The van der Waals surface area contributed by atoms with Gasteiger partial charge in [-0.2, -0.15) is 0 Å². The summed E-state index contributed by atoms with van der Waals surface area (Å²) in [5.74, 6) is 0.118. The van der Waals surface area contributed by atoms with Gasteiger partial charge in [0.1, 0.15) is 0 Å². The summed E-state index contributed by atoms with van der Waals surface area (Å²) in [6.07, 6.45) is 3.03. The first-order valence-electron chi connectivity index (χ1n) is 6.18. The fraction of sp³-hybridized carbons (Fsp3) is 0.615. The lowest BCUT2D eigenvalue weighted by Gasteiger charge is -2.35. The zero-order valence-electron chi connectivity index (χ0n) is 10.6. The van der Waals surface area contributed by atoms with Crippen molar-refractivity contribution in [1.82, 2.24) is 5.32 Å². The van der Waals surface area contributed by atoms with Gasteiger partial charge in [-0.15, -0.1) is 0 Å². The minimum atomic E-state index is -0.256. The first kappa shape index (κ1) is 13.1. The fourth-order valence-corrected chi connectivity index (χ4v) is 2.15. The Kier molecular flexibility index (Phi) is 4.04. The maximum Gasteiger partial charge on any atom is 0.287 e. The van der Waals surface area contributed by atoms with Crippen LogP contribution in [0.15, 0.2) is 16.7 Å². The first-order chi connectivity index (χ1) is 8.67. The molecule has 0 spiro atoms. The molecule has 2 heterocycles. The predicted molar refractivity (Wildman–Crippen MR) is 65.4 cm³/mol. The van der Waals surface area contributed by atoms with Gasteiger partial charge in [0.15, 0.2) is 5.76 Å². The third kappa shape index (κ3) is 2.73. The van der Waals surface area contributed by atoms with Crippen molar-refractivity contribution < 1.29 is 19.1 Å². The molecule has 1 fully saturated rings. The van der Waals surface area contributed by atoms with Crippen LogP contribution in [0, 0.1) is 12.3 Å². The summed E-state index contributed by atoms with van der Waals surface area (Å²) in [6.45, 7) is 3.61. The van der Waals surface area contributed by atoms with E-state index in [1.807, 2.05) is 6.92 Å². The van der Waals surface area contributed by atoms with Crippen molar-refractivity contribution in [2.45, 2.75) is 19.8 Å². The Labute approximate surface area is 106 Å². The molecule has 0 aliphatic carbocycles. The molecule has 0 bridgehead atoms. The molecule has 5 nitrogen and oxygen atoms in total. The molecular weight excluding hydrogens is 234 g/mol. The van der Waals surface area contributed by atoms with Crippen LogP contribution in [-0.2, 0) is 4.74 Å². The molecule has 0 atom stereocenters. The van der Waals surface area contributed by atoms with Crippen molar-refractivity contribution >= 4 is 5.91 Å². The van der Waals surface area contributed by atoms with E-state index in [4.69, 9.17) is 9.15 Å². The maximum atomic E-state index is 11.9. The van der Waals surface area contributed by atoms with E-state index in [0.29, 0.717) is 25.5 Å². The minimum Gasteiger partial charge on any atom is -0.459 e. The van der Waals surface area contributed by atoms with Crippen molar-refractivity contribution in [2.75, 3.05) is 26.4 Å². The summed E-state index contributed by atoms with van der Waals surface area (Å²) in [5, 5.41) is 12.3. The number of rotatable bonds is 4. The second-order valence-electron chi connectivity index (χ2n) is 4.89. The van der Waals surface area contributed by atoms with Crippen LogP contribution in [0.3, 0.4) is 0 Å². The highest BCUT2D eigenvalue weighted by atomic mass is 16.5. The highest BCUT2D eigenvalue weighted by Gasteiger charge is 2.32. The van der Waals surface area contributed by atoms with Crippen LogP contribution in [0.4, 0.5) is 0 Å². The number of aliphatic hydroxyl groups excluding tert-OH is 1. The van der Waals surface area contributed by atoms with Gasteiger partial charge in [-0.1, -0.05) is 0 Å². The number of aliphatic hydroxyl groups is 1. The average molecular weight is 253 g/mol. The number of furan rings is 1. The Morgan fingerprint density at radius 2 is 2.22 bits per heavy atom. The Morgan fingerprint density at radius 1 is 1.50 bits per heavy atom. The number of carbonyl (C=O) groups is 1. The van der Waals surface area contributed by atoms with Gasteiger partial charge in [0, 0.05) is 30.7 Å². The third-order valence-electron chi connectivity index (χ3n) is 3.58. The van der Waals surface area contributed by atoms with Gasteiger partial charge in [-0.3, -0.25) is 4.79 Å². The van der Waals surface area contributed by atoms with E-state index >= 15 is 0 Å². The molecule has 2 rings (SSSR count). The van der Waals surface area contributed by atoms with Gasteiger partial charge in [0.2, 0.25) is 0 Å². The Hall–Kier alpha value is -1.33. The third-order valence-corrected chi connectivity index (χ3v) is 3.58. The van der Waals surface area contributed by atoms with Gasteiger partial charge in [-0.05, 0) is 25.8 Å². The fourth-order valence-electron chi connectivity index (χ4n) is 2.15. The van der Waals surface area contributed by atoms with Crippen LogP contribution in [0.1, 0.15) is 29.0 Å². The van der Waals surface area contributed by atoms with E-state index in [9.17, 15) is 9.90 Å². The van der Waals surface area contributed by atoms with Crippen molar-refractivity contribution in [3.8, 4) is 0 Å². The molecule has 1 saturated heterocycles. The lowest BCUT2D eigenvalue weighted by atomic mass is 9.81. The summed E-state index contributed by atoms with van der Waals surface area (Å²) in [4.78, 5) is 11.9. The van der Waals surface area contributed by atoms with E-state index in [1.165, 1.54) is 6.26 Å². The molecule has 5 heteroatoms. The summed E-state index contributed by atoms with van der Waals surface area (Å²) in [6, 6.07) is 1.76. The normalized spacial score (nSPS) is 18.6.